The summed E-state index contributed by atoms with van der Waals surface area (Å²) in [5, 5.41) is 6.87. The normalized spacial score (nSPS) is 14.2. The summed E-state index contributed by atoms with van der Waals surface area (Å²) in [5.41, 5.74) is 1.82. The van der Waals surface area contributed by atoms with Crippen molar-refractivity contribution in [3.8, 4) is 0 Å². The molecule has 1 fully saturated rings. The van der Waals surface area contributed by atoms with Gasteiger partial charge in [0.25, 0.3) is 5.91 Å². The monoisotopic (exact) mass is 468 g/mol. The van der Waals surface area contributed by atoms with Crippen molar-refractivity contribution in [3.63, 3.8) is 0 Å². The van der Waals surface area contributed by atoms with Crippen molar-refractivity contribution in [1.82, 2.24) is 5.32 Å². The Balaban J connectivity index is 1.60. The number of ether oxygens (including phenoxy) is 1. The molecule has 30 heavy (non-hydrogen) atoms. The summed E-state index contributed by atoms with van der Waals surface area (Å²) in [6.45, 7) is 5.02. The molecule has 1 aliphatic carbocycles. The maximum atomic E-state index is 12.6. The number of carbonyl (C=O) groups excluding carboxylic acids is 3. The molecule has 2 amide bonds. The maximum absolute atomic E-state index is 12.6. The van der Waals surface area contributed by atoms with Crippen molar-refractivity contribution in [2.24, 2.45) is 5.92 Å². The number of hydrogen-bond donors (Lipinski definition) is 2. The van der Waals surface area contributed by atoms with E-state index in [9.17, 15) is 14.4 Å². The fourth-order valence-electron chi connectivity index (χ4n) is 2.87. The lowest BCUT2D eigenvalue weighted by Crippen LogP contribution is -2.31. The average Bonchev–Trinajstić information content (AvgIpc) is 3.49. The molecule has 0 saturated heterocycles. The number of esters is 1. The van der Waals surface area contributed by atoms with Gasteiger partial charge >= 0.3 is 5.97 Å². The van der Waals surface area contributed by atoms with Gasteiger partial charge in [0, 0.05) is 10.8 Å². The molecule has 0 radical (unpaired) electrons. The standard InChI is InChI=1S/C21H22Cl2N2O4S/c1-10-12(3)30-20(25-19(27)13-4-5-13)18(10)21(28)29-9-17(26)24-11(2)14-6-7-15(22)16(23)8-14/h6-8,11,13H,4-5,9H2,1-3H3,(H,24,26)(H,25,27). The predicted octanol–water partition coefficient (Wildman–Crippen LogP) is 5.05. The van der Waals surface area contributed by atoms with Gasteiger partial charge in [0.2, 0.25) is 5.91 Å². The van der Waals surface area contributed by atoms with E-state index >= 15 is 0 Å². The molecule has 1 saturated carbocycles. The fraction of sp³-hybridized carbons (Fsp3) is 0.381. The van der Waals surface area contributed by atoms with Crippen molar-refractivity contribution < 1.29 is 19.1 Å². The number of anilines is 1. The Morgan fingerprint density at radius 2 is 1.90 bits per heavy atom. The number of halogens is 2. The molecule has 1 aromatic heterocycles. The molecule has 6 nitrogen and oxygen atoms in total. The van der Waals surface area contributed by atoms with Crippen LogP contribution in [0.5, 0.6) is 0 Å². The minimum Gasteiger partial charge on any atom is -0.452 e. The molecular weight excluding hydrogens is 447 g/mol. The molecule has 3 rings (SSSR count). The SMILES string of the molecule is Cc1sc(NC(=O)C2CC2)c(C(=O)OCC(=O)NC(C)c2ccc(Cl)c(Cl)c2)c1C. The number of hydrogen-bond acceptors (Lipinski definition) is 5. The van der Waals surface area contributed by atoms with Gasteiger partial charge in [-0.1, -0.05) is 29.3 Å². The van der Waals surface area contributed by atoms with Crippen LogP contribution in [0.15, 0.2) is 18.2 Å². The lowest BCUT2D eigenvalue weighted by atomic mass is 10.1. The third-order valence-corrected chi connectivity index (χ3v) is 6.79. The van der Waals surface area contributed by atoms with Crippen LogP contribution in [-0.4, -0.2) is 24.4 Å². The Morgan fingerprint density at radius 3 is 2.53 bits per heavy atom. The number of benzene rings is 1. The Morgan fingerprint density at radius 1 is 1.20 bits per heavy atom. The van der Waals surface area contributed by atoms with Gasteiger partial charge in [-0.05, 0) is 56.9 Å². The average molecular weight is 469 g/mol. The van der Waals surface area contributed by atoms with Crippen LogP contribution in [0.3, 0.4) is 0 Å². The zero-order valence-corrected chi connectivity index (χ0v) is 19.1. The fourth-order valence-corrected chi connectivity index (χ4v) is 4.23. The van der Waals surface area contributed by atoms with Gasteiger partial charge in [0.15, 0.2) is 6.61 Å². The van der Waals surface area contributed by atoms with E-state index in [-0.39, 0.29) is 17.9 Å². The molecular formula is C21H22Cl2N2O4S. The Kier molecular flexibility index (Phi) is 7.06. The lowest BCUT2D eigenvalue weighted by molar-refractivity contribution is -0.125. The zero-order valence-electron chi connectivity index (χ0n) is 16.8. The first-order valence-electron chi connectivity index (χ1n) is 9.49. The van der Waals surface area contributed by atoms with E-state index in [0.29, 0.717) is 20.6 Å². The number of carbonyl (C=O) groups is 3. The van der Waals surface area contributed by atoms with Crippen molar-refractivity contribution in [2.45, 2.75) is 39.7 Å². The topological polar surface area (TPSA) is 84.5 Å². The molecule has 1 atom stereocenters. The molecule has 0 spiro atoms. The molecule has 2 aromatic rings. The first-order chi connectivity index (χ1) is 14.2. The summed E-state index contributed by atoms with van der Waals surface area (Å²) in [6.07, 6.45) is 1.73. The molecule has 0 aliphatic heterocycles. The highest BCUT2D eigenvalue weighted by atomic mass is 35.5. The first-order valence-corrected chi connectivity index (χ1v) is 11.1. The second-order valence-corrected chi connectivity index (χ2v) is 9.33. The third-order valence-electron chi connectivity index (χ3n) is 4.93. The van der Waals surface area contributed by atoms with Gasteiger partial charge in [-0.25, -0.2) is 4.79 Å². The van der Waals surface area contributed by atoms with Crippen molar-refractivity contribution >= 4 is 57.3 Å². The number of thiophene rings is 1. The van der Waals surface area contributed by atoms with E-state index in [1.165, 1.54) is 11.3 Å². The van der Waals surface area contributed by atoms with Crippen LogP contribution in [0.1, 0.15) is 52.2 Å². The van der Waals surface area contributed by atoms with E-state index in [0.717, 1.165) is 28.8 Å². The van der Waals surface area contributed by atoms with Gasteiger partial charge < -0.3 is 15.4 Å². The lowest BCUT2D eigenvalue weighted by Gasteiger charge is -2.15. The van der Waals surface area contributed by atoms with Gasteiger partial charge in [0.05, 0.1) is 21.7 Å². The number of nitrogens with one attached hydrogen (secondary N) is 2. The maximum Gasteiger partial charge on any atom is 0.341 e. The predicted molar refractivity (Wildman–Crippen MR) is 118 cm³/mol. The summed E-state index contributed by atoms with van der Waals surface area (Å²) >= 11 is 13.3. The highest BCUT2D eigenvalue weighted by Gasteiger charge is 2.31. The summed E-state index contributed by atoms with van der Waals surface area (Å²) in [5.74, 6) is -1.15. The Hall–Kier alpha value is -2.09. The summed E-state index contributed by atoms with van der Waals surface area (Å²) < 4.78 is 5.22. The van der Waals surface area contributed by atoms with Gasteiger partial charge in [0.1, 0.15) is 5.00 Å². The van der Waals surface area contributed by atoms with Crippen LogP contribution in [0.4, 0.5) is 5.00 Å². The van der Waals surface area contributed by atoms with E-state index < -0.39 is 18.5 Å². The van der Waals surface area contributed by atoms with Crippen molar-refractivity contribution in [3.05, 3.63) is 49.8 Å². The highest BCUT2D eigenvalue weighted by Crippen LogP contribution is 2.36. The van der Waals surface area contributed by atoms with Crippen LogP contribution in [0, 0.1) is 19.8 Å². The Bertz CT molecular complexity index is 1000. The number of rotatable bonds is 7. The molecule has 2 N–H and O–H groups in total. The first kappa shape index (κ1) is 22.6. The Labute approximate surface area is 188 Å². The van der Waals surface area contributed by atoms with Crippen molar-refractivity contribution in [1.29, 1.82) is 0 Å². The number of amides is 2. The van der Waals surface area contributed by atoms with E-state index in [2.05, 4.69) is 10.6 Å². The molecule has 1 aromatic carbocycles. The summed E-state index contributed by atoms with van der Waals surface area (Å²) in [6, 6.07) is 4.75. The van der Waals surface area contributed by atoms with Crippen molar-refractivity contribution in [2.75, 3.05) is 11.9 Å². The quantitative estimate of drug-likeness (QED) is 0.556. The molecule has 1 aliphatic rings. The van der Waals surface area contributed by atoms with Gasteiger partial charge in [-0.2, -0.15) is 0 Å². The number of aryl methyl sites for hydroxylation is 1. The molecule has 160 valence electrons. The second kappa shape index (κ2) is 9.37. The minimum atomic E-state index is -0.639. The highest BCUT2D eigenvalue weighted by molar-refractivity contribution is 7.16. The van der Waals surface area contributed by atoms with Crippen LogP contribution >= 0.6 is 34.5 Å². The smallest absolute Gasteiger partial charge is 0.341 e. The van der Waals surface area contributed by atoms with E-state index in [1.54, 1.807) is 32.0 Å². The largest absolute Gasteiger partial charge is 0.452 e. The van der Waals surface area contributed by atoms with E-state index in [1.807, 2.05) is 6.92 Å². The van der Waals surface area contributed by atoms with Gasteiger partial charge in [-0.3, -0.25) is 9.59 Å². The molecule has 1 unspecified atom stereocenters. The third kappa shape index (κ3) is 5.33. The second-order valence-electron chi connectivity index (χ2n) is 7.29. The van der Waals surface area contributed by atoms with Gasteiger partial charge in [-0.15, -0.1) is 11.3 Å². The molecule has 9 heteroatoms. The molecule has 0 bridgehead atoms. The van der Waals surface area contributed by atoms with E-state index in [4.69, 9.17) is 27.9 Å². The van der Waals surface area contributed by atoms with Crippen LogP contribution in [0.25, 0.3) is 0 Å². The summed E-state index contributed by atoms with van der Waals surface area (Å²) in [7, 11) is 0. The van der Waals surface area contributed by atoms with Crippen LogP contribution in [0.2, 0.25) is 10.0 Å². The molecule has 1 heterocycles. The summed E-state index contributed by atoms with van der Waals surface area (Å²) in [4.78, 5) is 37.9. The van der Waals surface area contributed by atoms with Crippen LogP contribution < -0.4 is 10.6 Å². The minimum absolute atomic E-state index is 0.0187. The zero-order chi connectivity index (χ0) is 22.0. The van der Waals surface area contributed by atoms with Crippen LogP contribution in [-0.2, 0) is 14.3 Å².